The van der Waals surface area contributed by atoms with Crippen LogP contribution >= 0.6 is 11.8 Å². The van der Waals surface area contributed by atoms with Gasteiger partial charge in [-0.1, -0.05) is 51.1 Å². The van der Waals surface area contributed by atoms with Gasteiger partial charge in [-0.3, -0.25) is 5.32 Å². The molecule has 1 unspecified atom stereocenters. The van der Waals surface area contributed by atoms with E-state index in [-0.39, 0.29) is 16.6 Å². The van der Waals surface area contributed by atoms with Crippen molar-refractivity contribution in [3.8, 4) is 0 Å². The first kappa shape index (κ1) is 23.8. The molecule has 1 aromatic rings. The summed E-state index contributed by atoms with van der Waals surface area (Å²) in [6, 6.07) is 6.09. The first-order chi connectivity index (χ1) is 12.9. The predicted molar refractivity (Wildman–Crippen MR) is 115 cm³/mol. The summed E-state index contributed by atoms with van der Waals surface area (Å²) in [5, 5.41) is 2.91. The van der Waals surface area contributed by atoms with Crippen LogP contribution in [-0.2, 0) is 4.43 Å². The standard InChI is InChI=1S/C21H34F3NOSSi/c1-20(2,3)28(4,5)26-13-18(15-27-14-16-11-12-16)25-19(21(22,23)24)17-9-7-6-8-10-17/h6-10,16,18-19,25H,11-15H2,1-5H3/t18?,19-/m0/s1. The fourth-order valence-corrected chi connectivity index (χ4v) is 4.92. The van der Waals surface area contributed by atoms with E-state index in [1.165, 1.54) is 25.0 Å². The van der Waals surface area contributed by atoms with E-state index in [1.54, 1.807) is 30.0 Å². The lowest BCUT2D eigenvalue weighted by Gasteiger charge is -2.38. The summed E-state index contributed by atoms with van der Waals surface area (Å²) < 4.78 is 47.6. The number of hydrogen-bond acceptors (Lipinski definition) is 3. The molecule has 1 aliphatic rings. The van der Waals surface area contributed by atoms with Crippen LogP contribution in [0.3, 0.4) is 0 Å². The highest BCUT2D eigenvalue weighted by Crippen LogP contribution is 2.38. The summed E-state index contributed by atoms with van der Waals surface area (Å²) in [5.74, 6) is 2.41. The van der Waals surface area contributed by atoms with Crippen molar-refractivity contribution in [1.82, 2.24) is 5.32 Å². The first-order valence-corrected chi connectivity index (χ1v) is 14.1. The molecular formula is C21H34F3NOSSi. The Balaban J connectivity index is 2.09. The molecule has 2 nitrogen and oxygen atoms in total. The molecule has 0 spiro atoms. The maximum Gasteiger partial charge on any atom is 0.407 e. The van der Waals surface area contributed by atoms with Crippen molar-refractivity contribution in [2.45, 2.75) is 70.0 Å². The van der Waals surface area contributed by atoms with E-state index in [1.807, 2.05) is 0 Å². The molecule has 0 radical (unpaired) electrons. The average Bonchev–Trinajstić information content (AvgIpc) is 3.39. The highest BCUT2D eigenvalue weighted by atomic mass is 32.2. The summed E-state index contributed by atoms with van der Waals surface area (Å²) in [6.45, 7) is 11.0. The second-order valence-corrected chi connectivity index (χ2v) is 15.2. The van der Waals surface area contributed by atoms with Crippen LogP contribution in [0.15, 0.2) is 30.3 Å². The third-order valence-corrected chi connectivity index (χ3v) is 11.5. The molecule has 1 saturated carbocycles. The van der Waals surface area contributed by atoms with E-state index in [4.69, 9.17) is 4.43 Å². The molecule has 0 bridgehead atoms. The van der Waals surface area contributed by atoms with Crippen molar-refractivity contribution in [2.24, 2.45) is 5.92 Å². The average molecular weight is 434 g/mol. The van der Waals surface area contributed by atoms with Crippen molar-refractivity contribution in [1.29, 1.82) is 0 Å². The van der Waals surface area contributed by atoms with E-state index >= 15 is 0 Å². The Labute approximate surface area is 173 Å². The zero-order valence-corrected chi connectivity index (χ0v) is 19.4. The van der Waals surface area contributed by atoms with Crippen molar-refractivity contribution < 1.29 is 17.6 Å². The summed E-state index contributed by atoms with van der Waals surface area (Å²) in [7, 11) is -2.02. The molecule has 0 aromatic heterocycles. The van der Waals surface area contributed by atoms with Gasteiger partial charge in [-0.2, -0.15) is 24.9 Å². The fourth-order valence-electron chi connectivity index (χ4n) is 2.59. The lowest BCUT2D eigenvalue weighted by Crippen LogP contribution is -2.48. The van der Waals surface area contributed by atoms with E-state index in [2.05, 4.69) is 39.2 Å². The second-order valence-electron chi connectivity index (χ2n) is 9.30. The van der Waals surface area contributed by atoms with Gasteiger partial charge in [0.1, 0.15) is 6.04 Å². The smallest absolute Gasteiger partial charge is 0.407 e. The van der Waals surface area contributed by atoms with Gasteiger partial charge in [0.2, 0.25) is 0 Å². The summed E-state index contributed by atoms with van der Waals surface area (Å²) >= 11 is 1.74. The number of alkyl halides is 3. The number of rotatable bonds is 10. The third-order valence-electron chi connectivity index (χ3n) is 5.68. The molecule has 1 aliphatic carbocycles. The lowest BCUT2D eigenvalue weighted by atomic mass is 10.1. The molecule has 1 aromatic carbocycles. The van der Waals surface area contributed by atoms with Gasteiger partial charge in [0, 0.05) is 11.8 Å². The van der Waals surface area contributed by atoms with Crippen LogP contribution in [0.4, 0.5) is 13.2 Å². The Morgan fingerprint density at radius 3 is 2.25 bits per heavy atom. The Morgan fingerprint density at radius 1 is 1.14 bits per heavy atom. The molecule has 0 heterocycles. The van der Waals surface area contributed by atoms with Crippen LogP contribution in [0.1, 0.15) is 45.2 Å². The fraction of sp³-hybridized carbons (Fsp3) is 0.714. The van der Waals surface area contributed by atoms with Crippen molar-refractivity contribution in [3.05, 3.63) is 35.9 Å². The number of thioether (sulfide) groups is 1. The van der Waals surface area contributed by atoms with Crippen molar-refractivity contribution in [3.63, 3.8) is 0 Å². The largest absolute Gasteiger partial charge is 0.415 e. The van der Waals surface area contributed by atoms with Crippen molar-refractivity contribution in [2.75, 3.05) is 18.1 Å². The monoisotopic (exact) mass is 433 g/mol. The topological polar surface area (TPSA) is 21.3 Å². The van der Waals surface area contributed by atoms with Gasteiger partial charge in [0.05, 0.1) is 6.61 Å². The molecule has 0 aliphatic heterocycles. The minimum Gasteiger partial charge on any atom is -0.415 e. The van der Waals surface area contributed by atoms with Crippen molar-refractivity contribution >= 4 is 20.1 Å². The SMILES string of the molecule is CC(C)(C)[Si](C)(C)OCC(CSCC1CC1)N[C@@H](c1ccccc1)C(F)(F)F. The molecule has 0 saturated heterocycles. The summed E-state index contributed by atoms with van der Waals surface area (Å²) in [4.78, 5) is 0. The van der Waals surface area contributed by atoms with Crippen LogP contribution in [0.5, 0.6) is 0 Å². The molecule has 0 amide bonds. The summed E-state index contributed by atoms with van der Waals surface area (Å²) in [6.07, 6.45) is -1.85. The van der Waals surface area contributed by atoms with E-state index in [0.717, 1.165) is 11.7 Å². The predicted octanol–water partition coefficient (Wildman–Crippen LogP) is 6.41. The Bertz CT molecular complexity index is 600. The molecule has 1 fully saturated rings. The highest BCUT2D eigenvalue weighted by molar-refractivity contribution is 7.99. The third kappa shape index (κ3) is 7.39. The number of halogens is 3. The van der Waals surface area contributed by atoms with Gasteiger partial charge < -0.3 is 4.43 Å². The lowest BCUT2D eigenvalue weighted by molar-refractivity contribution is -0.159. The molecule has 28 heavy (non-hydrogen) atoms. The van der Waals surface area contributed by atoms with Crippen LogP contribution in [-0.4, -0.2) is 38.6 Å². The quantitative estimate of drug-likeness (QED) is 0.431. The zero-order chi connectivity index (χ0) is 21.0. The number of nitrogens with one attached hydrogen (secondary N) is 1. The molecule has 7 heteroatoms. The van der Waals surface area contributed by atoms with Gasteiger partial charge in [-0.05, 0) is 48.2 Å². The second kappa shape index (κ2) is 9.54. The highest BCUT2D eigenvalue weighted by Gasteiger charge is 2.43. The first-order valence-electron chi connectivity index (χ1n) is 9.99. The summed E-state index contributed by atoms with van der Waals surface area (Å²) in [5.41, 5.74) is 0.250. The maximum atomic E-state index is 13.8. The molecule has 2 rings (SSSR count). The Kier molecular flexibility index (Phi) is 8.10. The molecular weight excluding hydrogens is 399 g/mol. The van der Waals surface area contributed by atoms with E-state index < -0.39 is 20.5 Å². The number of benzene rings is 1. The van der Waals surface area contributed by atoms with Gasteiger partial charge in [0.25, 0.3) is 0 Å². The van der Waals surface area contributed by atoms with Gasteiger partial charge >= 0.3 is 6.18 Å². The van der Waals surface area contributed by atoms with Crippen LogP contribution in [0.2, 0.25) is 18.1 Å². The maximum absolute atomic E-state index is 13.8. The number of hydrogen-bond donors (Lipinski definition) is 1. The Morgan fingerprint density at radius 2 is 1.75 bits per heavy atom. The van der Waals surface area contributed by atoms with Crippen LogP contribution in [0.25, 0.3) is 0 Å². The van der Waals surface area contributed by atoms with Gasteiger partial charge in [-0.25, -0.2) is 0 Å². The van der Waals surface area contributed by atoms with Gasteiger partial charge in [-0.15, -0.1) is 0 Å². The van der Waals surface area contributed by atoms with Gasteiger partial charge in [0.15, 0.2) is 8.32 Å². The normalized spacial score (nSPS) is 18.1. The Hall–Kier alpha value is -0.503. The van der Waals surface area contributed by atoms with E-state index in [9.17, 15) is 13.2 Å². The minimum absolute atomic E-state index is 0.0293. The van der Waals surface area contributed by atoms with E-state index in [0.29, 0.717) is 12.4 Å². The zero-order valence-electron chi connectivity index (χ0n) is 17.6. The molecule has 1 N–H and O–H groups in total. The van der Waals surface area contributed by atoms with Crippen LogP contribution < -0.4 is 5.32 Å². The van der Waals surface area contributed by atoms with Crippen LogP contribution in [0, 0.1) is 5.92 Å². The molecule has 2 atom stereocenters. The molecule has 160 valence electrons. The minimum atomic E-state index is -4.35.